The molecule has 3 aromatic carbocycles. The zero-order valence-corrected chi connectivity index (χ0v) is 18.7. The lowest BCUT2D eigenvalue weighted by Crippen LogP contribution is -2.68. The lowest BCUT2D eigenvalue weighted by molar-refractivity contribution is 0.508. The standard InChI is InChI=1S/C26H31NOSi/c1-26(2,3)29(21-13-6-4-7-14-21,22-15-8-5-9-16-22)28-24-19-18-20-12-10-11-17-23(20)25(24)27/h4-9,13-16,18-19H,10-12,17,27H2,1-3H3. The fourth-order valence-corrected chi connectivity index (χ4v) is 9.18. The summed E-state index contributed by atoms with van der Waals surface area (Å²) >= 11 is 0. The summed E-state index contributed by atoms with van der Waals surface area (Å²) in [6.07, 6.45) is 4.64. The summed E-state index contributed by atoms with van der Waals surface area (Å²) in [7, 11) is -2.65. The van der Waals surface area contributed by atoms with Gasteiger partial charge in [-0.25, -0.2) is 0 Å². The number of aryl methyl sites for hydroxylation is 1. The highest BCUT2D eigenvalue weighted by Gasteiger charge is 2.52. The average molecular weight is 402 g/mol. The summed E-state index contributed by atoms with van der Waals surface area (Å²) in [5.74, 6) is 0.847. The predicted octanol–water partition coefficient (Wildman–Crippen LogP) is 5.09. The van der Waals surface area contributed by atoms with Gasteiger partial charge in [-0.15, -0.1) is 0 Å². The first-order valence-corrected chi connectivity index (χ1v) is 12.5. The van der Waals surface area contributed by atoms with Gasteiger partial charge in [-0.1, -0.05) is 87.5 Å². The second kappa shape index (κ2) is 7.72. The van der Waals surface area contributed by atoms with Crippen LogP contribution in [-0.2, 0) is 12.8 Å². The summed E-state index contributed by atoms with van der Waals surface area (Å²) < 4.78 is 7.15. The van der Waals surface area contributed by atoms with E-state index in [-0.39, 0.29) is 5.04 Å². The van der Waals surface area contributed by atoms with E-state index in [4.69, 9.17) is 10.2 Å². The van der Waals surface area contributed by atoms with Crippen LogP contribution in [0.2, 0.25) is 5.04 Å². The minimum atomic E-state index is -2.65. The number of anilines is 1. The third-order valence-corrected chi connectivity index (χ3v) is 11.1. The van der Waals surface area contributed by atoms with Gasteiger partial charge in [0.1, 0.15) is 5.75 Å². The van der Waals surface area contributed by atoms with Crippen LogP contribution in [0.5, 0.6) is 5.75 Å². The molecule has 0 bridgehead atoms. The number of nitrogen functional groups attached to an aromatic ring is 1. The lowest BCUT2D eigenvalue weighted by atomic mass is 9.90. The van der Waals surface area contributed by atoms with Gasteiger partial charge in [0.05, 0.1) is 5.69 Å². The van der Waals surface area contributed by atoms with E-state index in [0.29, 0.717) is 0 Å². The van der Waals surface area contributed by atoms with Crippen molar-refractivity contribution in [3.05, 3.63) is 83.9 Å². The van der Waals surface area contributed by atoms with E-state index in [1.165, 1.54) is 34.3 Å². The fraction of sp³-hybridized carbons (Fsp3) is 0.308. The summed E-state index contributed by atoms with van der Waals surface area (Å²) in [6.45, 7) is 6.90. The Bertz CT molecular complexity index is 937. The summed E-state index contributed by atoms with van der Waals surface area (Å²) in [5, 5.41) is 2.48. The van der Waals surface area contributed by atoms with Crippen LogP contribution in [0.3, 0.4) is 0 Å². The van der Waals surface area contributed by atoms with Crippen LogP contribution < -0.4 is 20.5 Å². The molecule has 1 aliphatic rings. The molecule has 4 rings (SSSR count). The van der Waals surface area contributed by atoms with E-state index in [9.17, 15) is 0 Å². The second-order valence-corrected chi connectivity index (χ2v) is 13.3. The minimum absolute atomic E-state index is 0.0714. The van der Waals surface area contributed by atoms with Crippen molar-refractivity contribution in [3.8, 4) is 5.75 Å². The monoisotopic (exact) mass is 401 g/mol. The highest BCUT2D eigenvalue weighted by Crippen LogP contribution is 2.41. The van der Waals surface area contributed by atoms with Crippen LogP contribution in [0, 0.1) is 0 Å². The van der Waals surface area contributed by atoms with Crippen LogP contribution >= 0.6 is 0 Å². The van der Waals surface area contributed by atoms with Gasteiger partial charge in [-0.05, 0) is 58.3 Å². The van der Waals surface area contributed by atoms with Gasteiger partial charge in [0.25, 0.3) is 0 Å². The Kier molecular flexibility index (Phi) is 5.26. The molecule has 0 saturated heterocycles. The molecule has 0 amide bonds. The van der Waals surface area contributed by atoms with Crippen molar-refractivity contribution in [2.24, 2.45) is 0 Å². The van der Waals surface area contributed by atoms with Gasteiger partial charge in [-0.2, -0.15) is 0 Å². The molecular weight excluding hydrogens is 370 g/mol. The highest BCUT2D eigenvalue weighted by atomic mass is 28.4. The van der Waals surface area contributed by atoms with Crippen LogP contribution in [0.25, 0.3) is 0 Å². The molecule has 150 valence electrons. The summed E-state index contributed by atoms with van der Waals surface area (Å²) in [6, 6.07) is 25.8. The molecule has 2 nitrogen and oxygen atoms in total. The zero-order chi connectivity index (χ0) is 20.5. The third-order valence-electron chi connectivity index (χ3n) is 6.22. The Morgan fingerprint density at radius 2 is 1.31 bits per heavy atom. The normalized spacial score (nSPS) is 14.3. The van der Waals surface area contributed by atoms with Gasteiger partial charge >= 0.3 is 8.32 Å². The van der Waals surface area contributed by atoms with Gasteiger partial charge in [0, 0.05) is 0 Å². The van der Waals surface area contributed by atoms with Crippen LogP contribution in [0.15, 0.2) is 72.8 Å². The zero-order valence-electron chi connectivity index (χ0n) is 17.7. The molecule has 0 fully saturated rings. The summed E-state index contributed by atoms with van der Waals surface area (Å²) in [5.41, 5.74) is 10.2. The smallest absolute Gasteiger partial charge is 0.320 e. The van der Waals surface area contributed by atoms with Gasteiger partial charge in [0.15, 0.2) is 0 Å². The highest BCUT2D eigenvalue weighted by molar-refractivity contribution is 7.00. The van der Waals surface area contributed by atoms with E-state index < -0.39 is 8.32 Å². The largest absolute Gasteiger partial charge is 0.533 e. The maximum Gasteiger partial charge on any atom is 0.320 e. The number of rotatable bonds is 4. The Morgan fingerprint density at radius 1 is 0.759 bits per heavy atom. The number of hydrogen-bond acceptors (Lipinski definition) is 2. The topological polar surface area (TPSA) is 35.2 Å². The number of benzene rings is 3. The predicted molar refractivity (Wildman–Crippen MR) is 126 cm³/mol. The maximum absolute atomic E-state index is 7.15. The van der Waals surface area contributed by atoms with Crippen molar-refractivity contribution in [3.63, 3.8) is 0 Å². The molecule has 0 heterocycles. The Balaban J connectivity index is 1.92. The van der Waals surface area contributed by atoms with E-state index in [0.717, 1.165) is 24.3 Å². The molecule has 0 radical (unpaired) electrons. The Morgan fingerprint density at radius 3 is 1.86 bits per heavy atom. The van der Waals surface area contributed by atoms with Crippen molar-refractivity contribution in [2.45, 2.75) is 51.5 Å². The summed E-state index contributed by atoms with van der Waals surface area (Å²) in [4.78, 5) is 0. The minimum Gasteiger partial charge on any atom is -0.533 e. The van der Waals surface area contributed by atoms with Crippen molar-refractivity contribution >= 4 is 24.4 Å². The number of fused-ring (bicyclic) bond motifs is 1. The number of nitrogens with two attached hydrogens (primary N) is 1. The van der Waals surface area contributed by atoms with Crippen molar-refractivity contribution in [1.29, 1.82) is 0 Å². The Hall–Kier alpha value is -2.52. The quantitative estimate of drug-likeness (QED) is 0.488. The fourth-order valence-electron chi connectivity index (χ4n) is 4.74. The molecule has 2 N–H and O–H groups in total. The van der Waals surface area contributed by atoms with Crippen LogP contribution in [0.4, 0.5) is 5.69 Å². The Labute approximate surface area is 175 Å². The molecule has 1 aliphatic carbocycles. The second-order valence-electron chi connectivity index (χ2n) is 9.09. The van der Waals surface area contributed by atoms with E-state index >= 15 is 0 Å². The maximum atomic E-state index is 7.15. The molecule has 29 heavy (non-hydrogen) atoms. The third kappa shape index (κ3) is 3.48. The molecular formula is C26H31NOSi. The SMILES string of the molecule is CC(C)(C)[Si](Oc1ccc2c(c1N)CCCC2)(c1ccccc1)c1ccccc1. The average Bonchev–Trinajstić information content (AvgIpc) is 2.74. The van der Waals surface area contributed by atoms with Crippen molar-refractivity contribution in [2.75, 3.05) is 5.73 Å². The first-order chi connectivity index (χ1) is 13.9. The molecule has 3 heteroatoms. The first kappa shape index (κ1) is 19.8. The first-order valence-electron chi connectivity index (χ1n) is 10.6. The van der Waals surface area contributed by atoms with Gasteiger partial charge in [-0.3, -0.25) is 0 Å². The molecule has 0 atom stereocenters. The van der Waals surface area contributed by atoms with E-state index in [1.807, 2.05) is 0 Å². The number of hydrogen-bond donors (Lipinski definition) is 1. The van der Waals surface area contributed by atoms with Crippen molar-refractivity contribution < 1.29 is 4.43 Å². The molecule has 0 aliphatic heterocycles. The van der Waals surface area contributed by atoms with E-state index in [1.54, 1.807) is 0 Å². The van der Waals surface area contributed by atoms with Crippen molar-refractivity contribution in [1.82, 2.24) is 0 Å². The van der Waals surface area contributed by atoms with Crippen LogP contribution in [-0.4, -0.2) is 8.32 Å². The lowest BCUT2D eigenvalue weighted by Gasteiger charge is -2.43. The molecule has 0 saturated carbocycles. The van der Waals surface area contributed by atoms with Gasteiger partial charge < -0.3 is 10.2 Å². The van der Waals surface area contributed by atoms with Gasteiger partial charge in [0.2, 0.25) is 0 Å². The molecule has 0 aromatic heterocycles. The molecule has 0 spiro atoms. The molecule has 0 unspecified atom stereocenters. The van der Waals surface area contributed by atoms with E-state index in [2.05, 4.69) is 93.6 Å². The molecule has 3 aromatic rings. The van der Waals surface area contributed by atoms with Crippen LogP contribution in [0.1, 0.15) is 44.7 Å².